The molecule has 0 aliphatic heterocycles. The normalized spacial score (nSPS) is 11.2. The summed E-state index contributed by atoms with van der Waals surface area (Å²) in [5.74, 6) is 2.05. The fourth-order valence-electron chi connectivity index (χ4n) is 1.39. The molecule has 0 heterocycles. The molecule has 0 amide bonds. The number of rotatable bonds is 5. The molecule has 0 saturated heterocycles. The number of carbonyl (C=O) groups is 1. The number of nitrogens with zero attached hydrogens (tertiary/aromatic N) is 1. The Kier molecular flexibility index (Phi) is 6.03. The monoisotopic (exact) mass is 211 g/mol. The molecule has 0 bridgehead atoms. The van der Waals surface area contributed by atoms with Gasteiger partial charge in [0, 0.05) is 12.1 Å². The average Bonchev–Trinajstić information content (AvgIpc) is 2.13. The number of hydrogen-bond acceptors (Lipinski definition) is 3. The van der Waals surface area contributed by atoms with E-state index in [1.807, 2.05) is 0 Å². The molecule has 0 N–H and O–H groups in total. The van der Waals surface area contributed by atoms with Crippen LogP contribution < -0.4 is 0 Å². The second-order valence-electron chi connectivity index (χ2n) is 4.37. The van der Waals surface area contributed by atoms with Crippen LogP contribution in [0.3, 0.4) is 0 Å². The largest absolute Gasteiger partial charge is 0.452 e. The van der Waals surface area contributed by atoms with Crippen LogP contribution in [0.25, 0.3) is 0 Å². The van der Waals surface area contributed by atoms with Crippen molar-refractivity contribution in [3.8, 4) is 12.3 Å². The summed E-state index contributed by atoms with van der Waals surface area (Å²) in [5.41, 5.74) is 0.0845. The molecule has 0 unspecified atom stereocenters. The van der Waals surface area contributed by atoms with Crippen molar-refractivity contribution < 1.29 is 9.53 Å². The van der Waals surface area contributed by atoms with Crippen molar-refractivity contribution >= 4 is 5.97 Å². The van der Waals surface area contributed by atoms with E-state index >= 15 is 0 Å². The Hall–Kier alpha value is -1.01. The Balaban J connectivity index is 3.92. The van der Waals surface area contributed by atoms with Crippen molar-refractivity contribution in [2.24, 2.45) is 0 Å². The molecule has 0 aromatic heterocycles. The highest BCUT2D eigenvalue weighted by molar-refractivity contribution is 5.69. The van der Waals surface area contributed by atoms with Gasteiger partial charge in [-0.25, -0.2) is 0 Å². The van der Waals surface area contributed by atoms with Gasteiger partial charge in [0.05, 0.1) is 6.42 Å². The minimum absolute atomic E-state index is 0.0699. The van der Waals surface area contributed by atoms with Gasteiger partial charge in [-0.3, -0.25) is 9.69 Å². The van der Waals surface area contributed by atoms with Gasteiger partial charge in [-0.2, -0.15) is 0 Å². The third-order valence-electron chi connectivity index (χ3n) is 2.23. The summed E-state index contributed by atoms with van der Waals surface area (Å²) in [6.45, 7) is 10.2. The lowest BCUT2D eigenvalue weighted by Crippen LogP contribution is -2.42. The second kappa shape index (κ2) is 6.47. The standard InChI is InChI=1S/C12H21NO2/c1-6-10-15-11(14)8-9-13(7-2)12(3,4)5/h1H,7-10H2,2-5H3. The lowest BCUT2D eigenvalue weighted by atomic mass is 10.1. The van der Waals surface area contributed by atoms with Crippen molar-refractivity contribution in [3.63, 3.8) is 0 Å². The third-order valence-corrected chi connectivity index (χ3v) is 2.23. The van der Waals surface area contributed by atoms with E-state index < -0.39 is 0 Å². The van der Waals surface area contributed by atoms with E-state index in [1.165, 1.54) is 0 Å². The Morgan fingerprint density at radius 3 is 2.47 bits per heavy atom. The predicted octanol–water partition coefficient (Wildman–Crippen LogP) is 1.67. The molecule has 3 heteroatoms. The van der Waals surface area contributed by atoms with E-state index in [1.54, 1.807) is 0 Å². The number of hydrogen-bond donors (Lipinski definition) is 0. The van der Waals surface area contributed by atoms with Crippen LogP contribution in [-0.2, 0) is 9.53 Å². The molecule has 0 fully saturated rings. The molecule has 0 aromatic carbocycles. The van der Waals surface area contributed by atoms with Gasteiger partial charge in [-0.05, 0) is 27.3 Å². The molecule has 0 aliphatic rings. The fraction of sp³-hybridized carbons (Fsp3) is 0.750. The quantitative estimate of drug-likeness (QED) is 0.512. The van der Waals surface area contributed by atoms with Crippen molar-refractivity contribution in [1.29, 1.82) is 0 Å². The minimum Gasteiger partial charge on any atom is -0.452 e. The van der Waals surface area contributed by atoms with Crippen LogP contribution in [0, 0.1) is 12.3 Å². The summed E-state index contributed by atoms with van der Waals surface area (Å²) in [6, 6.07) is 0. The summed E-state index contributed by atoms with van der Waals surface area (Å²) in [7, 11) is 0. The molecule has 0 rings (SSSR count). The first-order chi connectivity index (χ1) is 6.91. The van der Waals surface area contributed by atoms with Crippen LogP contribution >= 0.6 is 0 Å². The number of esters is 1. The molecule has 3 nitrogen and oxygen atoms in total. The van der Waals surface area contributed by atoms with Crippen molar-refractivity contribution in [3.05, 3.63) is 0 Å². The molecule has 0 aliphatic carbocycles. The topological polar surface area (TPSA) is 29.5 Å². The van der Waals surface area contributed by atoms with E-state index in [0.29, 0.717) is 13.0 Å². The molecular formula is C12H21NO2. The average molecular weight is 211 g/mol. The number of terminal acetylenes is 1. The molecule has 15 heavy (non-hydrogen) atoms. The predicted molar refractivity (Wildman–Crippen MR) is 61.4 cm³/mol. The maximum Gasteiger partial charge on any atom is 0.308 e. The van der Waals surface area contributed by atoms with Crippen LogP contribution in [0.4, 0.5) is 0 Å². The number of ether oxygens (including phenoxy) is 1. The maximum atomic E-state index is 11.2. The Bertz CT molecular complexity index is 235. The highest BCUT2D eigenvalue weighted by atomic mass is 16.5. The van der Waals surface area contributed by atoms with E-state index in [2.05, 4.69) is 38.5 Å². The lowest BCUT2D eigenvalue weighted by Gasteiger charge is -2.34. The molecule has 0 radical (unpaired) electrons. The molecule has 0 saturated carbocycles. The third kappa shape index (κ3) is 6.14. The zero-order valence-corrected chi connectivity index (χ0v) is 10.2. The summed E-state index contributed by atoms with van der Waals surface area (Å²) in [5, 5.41) is 0. The first-order valence-electron chi connectivity index (χ1n) is 5.26. The summed E-state index contributed by atoms with van der Waals surface area (Å²) < 4.78 is 4.80. The fourth-order valence-corrected chi connectivity index (χ4v) is 1.39. The Morgan fingerprint density at radius 1 is 1.47 bits per heavy atom. The maximum absolute atomic E-state index is 11.2. The second-order valence-corrected chi connectivity index (χ2v) is 4.37. The van der Waals surface area contributed by atoms with E-state index in [4.69, 9.17) is 11.2 Å². The van der Waals surface area contributed by atoms with Gasteiger partial charge in [-0.15, -0.1) is 6.42 Å². The van der Waals surface area contributed by atoms with Gasteiger partial charge in [-0.1, -0.05) is 12.8 Å². The Morgan fingerprint density at radius 2 is 2.07 bits per heavy atom. The van der Waals surface area contributed by atoms with Gasteiger partial charge in [0.2, 0.25) is 0 Å². The Labute approximate surface area is 92.8 Å². The van der Waals surface area contributed by atoms with Crippen LogP contribution in [0.5, 0.6) is 0 Å². The van der Waals surface area contributed by atoms with Crippen LogP contribution in [0.15, 0.2) is 0 Å². The SMILES string of the molecule is C#CCOC(=O)CCN(CC)C(C)(C)C. The minimum atomic E-state index is -0.226. The van der Waals surface area contributed by atoms with E-state index in [-0.39, 0.29) is 18.1 Å². The van der Waals surface area contributed by atoms with Crippen molar-refractivity contribution in [2.45, 2.75) is 39.7 Å². The zero-order chi connectivity index (χ0) is 11.9. The molecule has 0 spiro atoms. The first-order valence-corrected chi connectivity index (χ1v) is 5.26. The molecular weight excluding hydrogens is 190 g/mol. The summed E-state index contributed by atoms with van der Waals surface area (Å²) in [6.07, 6.45) is 5.39. The van der Waals surface area contributed by atoms with Gasteiger partial charge >= 0.3 is 5.97 Å². The van der Waals surface area contributed by atoms with Crippen LogP contribution in [0.1, 0.15) is 34.1 Å². The van der Waals surface area contributed by atoms with Gasteiger partial charge in [0.25, 0.3) is 0 Å². The molecule has 0 atom stereocenters. The molecule has 0 aromatic rings. The summed E-state index contributed by atoms with van der Waals surface area (Å²) in [4.78, 5) is 13.4. The molecule has 86 valence electrons. The van der Waals surface area contributed by atoms with E-state index in [0.717, 1.165) is 6.54 Å². The number of carbonyl (C=O) groups excluding carboxylic acids is 1. The van der Waals surface area contributed by atoms with Crippen molar-refractivity contribution in [2.75, 3.05) is 19.7 Å². The van der Waals surface area contributed by atoms with Gasteiger partial charge in [0.1, 0.15) is 0 Å². The van der Waals surface area contributed by atoms with Gasteiger partial charge < -0.3 is 4.74 Å². The zero-order valence-electron chi connectivity index (χ0n) is 10.2. The highest BCUT2D eigenvalue weighted by Gasteiger charge is 2.20. The highest BCUT2D eigenvalue weighted by Crippen LogP contribution is 2.12. The summed E-state index contributed by atoms with van der Waals surface area (Å²) >= 11 is 0. The van der Waals surface area contributed by atoms with Gasteiger partial charge in [0.15, 0.2) is 6.61 Å². The smallest absolute Gasteiger partial charge is 0.308 e. The van der Waals surface area contributed by atoms with Crippen LogP contribution in [0.2, 0.25) is 0 Å². The lowest BCUT2D eigenvalue weighted by molar-refractivity contribution is -0.142. The van der Waals surface area contributed by atoms with Crippen molar-refractivity contribution in [1.82, 2.24) is 4.90 Å². The first kappa shape index (κ1) is 14.0. The van der Waals surface area contributed by atoms with E-state index in [9.17, 15) is 4.79 Å². The van der Waals surface area contributed by atoms with Crippen LogP contribution in [-0.4, -0.2) is 36.1 Å².